The fourth-order valence-corrected chi connectivity index (χ4v) is 0.942. The predicted octanol–water partition coefficient (Wildman–Crippen LogP) is 1.60. The fraction of sp³-hybridized carbons (Fsp3) is 0.333. The highest BCUT2D eigenvalue weighted by Gasteiger charge is 1.99. The number of rotatable bonds is 1. The first-order chi connectivity index (χ1) is 5.11. The van der Waals surface area contributed by atoms with Gasteiger partial charge in [0.1, 0.15) is 0 Å². The molecule has 0 aliphatic rings. The van der Waals surface area contributed by atoms with E-state index < -0.39 is 0 Å². The molecule has 60 valence electrons. The molecule has 2 nitrogen and oxygen atoms in total. The van der Waals surface area contributed by atoms with Crippen LogP contribution in [0.2, 0.25) is 0 Å². The summed E-state index contributed by atoms with van der Waals surface area (Å²) in [5, 5.41) is 0. The van der Waals surface area contributed by atoms with E-state index in [0.29, 0.717) is 0 Å². The summed E-state index contributed by atoms with van der Waals surface area (Å²) in [5.41, 5.74) is 14.4. The van der Waals surface area contributed by atoms with Crippen molar-refractivity contribution in [1.82, 2.24) is 0 Å². The van der Waals surface area contributed by atoms with Crippen LogP contribution in [0.25, 0.3) is 0 Å². The van der Waals surface area contributed by atoms with E-state index in [-0.39, 0.29) is 6.04 Å². The number of benzene rings is 1. The van der Waals surface area contributed by atoms with Crippen LogP contribution >= 0.6 is 0 Å². The molecule has 0 saturated heterocycles. The van der Waals surface area contributed by atoms with Crippen LogP contribution in [0.1, 0.15) is 24.1 Å². The van der Waals surface area contributed by atoms with Gasteiger partial charge in [0.05, 0.1) is 0 Å². The van der Waals surface area contributed by atoms with Gasteiger partial charge < -0.3 is 11.5 Å². The number of nitrogen functional groups attached to an aromatic ring is 1. The first-order valence-corrected chi connectivity index (χ1v) is 3.73. The predicted molar refractivity (Wildman–Crippen MR) is 48.2 cm³/mol. The normalized spacial score (nSPS) is 13.0. The molecule has 1 aromatic carbocycles. The fourth-order valence-electron chi connectivity index (χ4n) is 0.942. The van der Waals surface area contributed by atoms with Crippen molar-refractivity contribution in [3.05, 3.63) is 29.3 Å². The van der Waals surface area contributed by atoms with Gasteiger partial charge in [0.15, 0.2) is 0 Å². The van der Waals surface area contributed by atoms with Gasteiger partial charge in [0, 0.05) is 11.7 Å². The van der Waals surface area contributed by atoms with Crippen molar-refractivity contribution in [2.75, 3.05) is 5.73 Å². The molecule has 1 rings (SSSR count). The van der Waals surface area contributed by atoms with Crippen LogP contribution in [-0.4, -0.2) is 0 Å². The second-order valence-corrected chi connectivity index (χ2v) is 2.90. The Morgan fingerprint density at radius 2 is 2.00 bits per heavy atom. The molecule has 0 aliphatic heterocycles. The maximum absolute atomic E-state index is 5.70. The summed E-state index contributed by atoms with van der Waals surface area (Å²) in [6.45, 7) is 3.93. The van der Waals surface area contributed by atoms with E-state index in [1.54, 1.807) is 0 Å². The summed E-state index contributed by atoms with van der Waals surface area (Å²) in [4.78, 5) is 0. The lowest BCUT2D eigenvalue weighted by atomic mass is 10.1. The lowest BCUT2D eigenvalue weighted by Gasteiger charge is -2.07. The highest BCUT2D eigenvalue weighted by atomic mass is 14.6. The Morgan fingerprint density at radius 1 is 1.36 bits per heavy atom. The van der Waals surface area contributed by atoms with Gasteiger partial charge >= 0.3 is 0 Å². The van der Waals surface area contributed by atoms with E-state index in [1.165, 1.54) is 0 Å². The molecule has 0 unspecified atom stereocenters. The molecular weight excluding hydrogens is 136 g/mol. The Kier molecular flexibility index (Phi) is 2.15. The zero-order valence-electron chi connectivity index (χ0n) is 6.96. The molecule has 0 amide bonds. The lowest BCUT2D eigenvalue weighted by Crippen LogP contribution is -2.05. The third-order valence-corrected chi connectivity index (χ3v) is 1.83. The molecule has 0 fully saturated rings. The minimum Gasteiger partial charge on any atom is -0.399 e. The van der Waals surface area contributed by atoms with E-state index in [0.717, 1.165) is 16.8 Å². The molecule has 0 bridgehead atoms. The Labute approximate surface area is 67.2 Å². The summed E-state index contributed by atoms with van der Waals surface area (Å²) >= 11 is 0. The summed E-state index contributed by atoms with van der Waals surface area (Å²) in [5.74, 6) is 0. The second-order valence-electron chi connectivity index (χ2n) is 2.90. The first-order valence-electron chi connectivity index (χ1n) is 3.73. The van der Waals surface area contributed by atoms with Crippen molar-refractivity contribution in [3.8, 4) is 0 Å². The Hall–Kier alpha value is -1.02. The largest absolute Gasteiger partial charge is 0.399 e. The number of hydrogen-bond acceptors (Lipinski definition) is 2. The molecule has 1 atom stereocenters. The summed E-state index contributed by atoms with van der Waals surface area (Å²) in [7, 11) is 0. The van der Waals surface area contributed by atoms with Gasteiger partial charge in [-0.05, 0) is 31.0 Å². The van der Waals surface area contributed by atoms with Gasteiger partial charge in [-0.3, -0.25) is 0 Å². The standard InChI is InChI=1S/C9H14N2/c1-6-3-4-8(7(2)10)5-9(6)11/h3-5,7H,10-11H2,1-2H3/t7-/m1/s1. The number of hydrogen-bond donors (Lipinski definition) is 2. The Morgan fingerprint density at radius 3 is 2.45 bits per heavy atom. The van der Waals surface area contributed by atoms with Crippen molar-refractivity contribution >= 4 is 5.69 Å². The molecule has 2 heteroatoms. The van der Waals surface area contributed by atoms with Crippen LogP contribution < -0.4 is 11.5 Å². The van der Waals surface area contributed by atoms with Crippen molar-refractivity contribution in [2.24, 2.45) is 5.73 Å². The van der Waals surface area contributed by atoms with E-state index in [1.807, 2.05) is 32.0 Å². The van der Waals surface area contributed by atoms with Crippen LogP contribution in [0.3, 0.4) is 0 Å². The van der Waals surface area contributed by atoms with E-state index in [9.17, 15) is 0 Å². The molecule has 0 radical (unpaired) electrons. The molecular formula is C9H14N2. The minimum absolute atomic E-state index is 0.0675. The van der Waals surface area contributed by atoms with Gasteiger partial charge in [-0.2, -0.15) is 0 Å². The van der Waals surface area contributed by atoms with Gasteiger partial charge in [0.2, 0.25) is 0 Å². The van der Waals surface area contributed by atoms with E-state index >= 15 is 0 Å². The number of nitrogens with two attached hydrogens (primary N) is 2. The minimum atomic E-state index is 0.0675. The van der Waals surface area contributed by atoms with Gasteiger partial charge in [-0.15, -0.1) is 0 Å². The van der Waals surface area contributed by atoms with Crippen LogP contribution in [0.4, 0.5) is 5.69 Å². The number of anilines is 1. The maximum Gasteiger partial charge on any atom is 0.0347 e. The molecule has 0 saturated carbocycles. The van der Waals surface area contributed by atoms with Crippen LogP contribution in [0, 0.1) is 6.92 Å². The van der Waals surface area contributed by atoms with Gasteiger partial charge in [-0.1, -0.05) is 12.1 Å². The zero-order valence-corrected chi connectivity index (χ0v) is 6.96. The smallest absolute Gasteiger partial charge is 0.0347 e. The van der Waals surface area contributed by atoms with Crippen molar-refractivity contribution in [1.29, 1.82) is 0 Å². The van der Waals surface area contributed by atoms with E-state index in [2.05, 4.69) is 0 Å². The lowest BCUT2D eigenvalue weighted by molar-refractivity contribution is 0.818. The van der Waals surface area contributed by atoms with Crippen LogP contribution in [0.5, 0.6) is 0 Å². The summed E-state index contributed by atoms with van der Waals surface area (Å²) < 4.78 is 0. The average molecular weight is 150 g/mol. The van der Waals surface area contributed by atoms with Crippen LogP contribution in [-0.2, 0) is 0 Å². The number of aryl methyl sites for hydroxylation is 1. The first kappa shape index (κ1) is 8.08. The monoisotopic (exact) mass is 150 g/mol. The van der Waals surface area contributed by atoms with Crippen LogP contribution in [0.15, 0.2) is 18.2 Å². The third kappa shape index (κ3) is 1.71. The van der Waals surface area contributed by atoms with Crippen molar-refractivity contribution in [2.45, 2.75) is 19.9 Å². The Balaban J connectivity index is 3.05. The Bertz CT molecular complexity index is 254. The molecule has 11 heavy (non-hydrogen) atoms. The van der Waals surface area contributed by atoms with Gasteiger partial charge in [-0.25, -0.2) is 0 Å². The summed E-state index contributed by atoms with van der Waals surface area (Å²) in [6.07, 6.45) is 0. The average Bonchev–Trinajstić information content (AvgIpc) is 1.94. The topological polar surface area (TPSA) is 52.0 Å². The highest BCUT2D eigenvalue weighted by molar-refractivity contribution is 5.48. The van der Waals surface area contributed by atoms with Crippen molar-refractivity contribution < 1.29 is 0 Å². The zero-order chi connectivity index (χ0) is 8.43. The second kappa shape index (κ2) is 2.93. The van der Waals surface area contributed by atoms with Crippen molar-refractivity contribution in [3.63, 3.8) is 0 Å². The quantitative estimate of drug-likeness (QED) is 0.597. The molecule has 4 N–H and O–H groups in total. The molecule has 0 aliphatic carbocycles. The molecule has 0 aromatic heterocycles. The van der Waals surface area contributed by atoms with E-state index in [4.69, 9.17) is 11.5 Å². The van der Waals surface area contributed by atoms with Gasteiger partial charge in [0.25, 0.3) is 0 Å². The SMILES string of the molecule is Cc1ccc([C@@H](C)N)cc1N. The molecule has 1 aromatic rings. The summed E-state index contributed by atoms with van der Waals surface area (Å²) in [6, 6.07) is 6.00. The molecule has 0 heterocycles. The maximum atomic E-state index is 5.70. The molecule has 0 spiro atoms. The third-order valence-electron chi connectivity index (χ3n) is 1.83. The highest BCUT2D eigenvalue weighted by Crippen LogP contribution is 2.16.